The standard InChI is InChI=1S/C14H19N3O2/c1-11(2)7-17-14(15-10-16-17)9-19-13-5-3-12(8-18)4-6-13/h3-6,10-11,18H,7-9H2,1-2H3. The van der Waals surface area contributed by atoms with Crippen LogP contribution in [0.3, 0.4) is 0 Å². The lowest BCUT2D eigenvalue weighted by Gasteiger charge is -2.10. The summed E-state index contributed by atoms with van der Waals surface area (Å²) in [5.74, 6) is 2.10. The molecular weight excluding hydrogens is 242 g/mol. The second-order valence-corrected chi connectivity index (χ2v) is 4.84. The summed E-state index contributed by atoms with van der Waals surface area (Å²) in [6.07, 6.45) is 1.55. The molecule has 1 aromatic heterocycles. The third-order valence-corrected chi connectivity index (χ3v) is 2.71. The quantitative estimate of drug-likeness (QED) is 0.864. The Balaban J connectivity index is 1.96. The highest BCUT2D eigenvalue weighted by molar-refractivity contribution is 5.26. The molecule has 0 radical (unpaired) electrons. The van der Waals surface area contributed by atoms with Gasteiger partial charge in [0.2, 0.25) is 0 Å². The van der Waals surface area contributed by atoms with Crippen molar-refractivity contribution in [2.75, 3.05) is 0 Å². The summed E-state index contributed by atoms with van der Waals surface area (Å²) in [6.45, 7) is 5.55. The molecule has 5 nitrogen and oxygen atoms in total. The third-order valence-electron chi connectivity index (χ3n) is 2.71. The van der Waals surface area contributed by atoms with Crippen LogP contribution in [0, 0.1) is 5.92 Å². The molecule has 0 saturated heterocycles. The molecule has 0 bridgehead atoms. The summed E-state index contributed by atoms with van der Waals surface area (Å²) in [4.78, 5) is 4.20. The van der Waals surface area contributed by atoms with E-state index in [0.717, 1.165) is 23.7 Å². The van der Waals surface area contributed by atoms with Gasteiger partial charge in [0.05, 0.1) is 6.61 Å². The van der Waals surface area contributed by atoms with Crippen molar-refractivity contribution in [1.82, 2.24) is 14.8 Å². The molecule has 0 fully saturated rings. The van der Waals surface area contributed by atoms with Crippen molar-refractivity contribution in [3.8, 4) is 5.75 Å². The molecule has 1 aromatic carbocycles. The molecule has 0 saturated carbocycles. The van der Waals surface area contributed by atoms with Gasteiger partial charge in [-0.15, -0.1) is 0 Å². The van der Waals surface area contributed by atoms with Crippen molar-refractivity contribution < 1.29 is 9.84 Å². The van der Waals surface area contributed by atoms with Crippen LogP contribution >= 0.6 is 0 Å². The smallest absolute Gasteiger partial charge is 0.164 e. The number of hydrogen-bond donors (Lipinski definition) is 1. The van der Waals surface area contributed by atoms with Crippen LogP contribution in [-0.2, 0) is 19.8 Å². The Labute approximate surface area is 112 Å². The van der Waals surface area contributed by atoms with Crippen LogP contribution < -0.4 is 4.74 Å². The lowest BCUT2D eigenvalue weighted by Crippen LogP contribution is -2.12. The molecule has 2 aromatic rings. The molecule has 0 aliphatic carbocycles. The summed E-state index contributed by atoms with van der Waals surface area (Å²) < 4.78 is 7.53. The first kappa shape index (κ1) is 13.5. The molecule has 0 atom stereocenters. The molecule has 102 valence electrons. The van der Waals surface area contributed by atoms with Gasteiger partial charge in [0, 0.05) is 6.54 Å². The second-order valence-electron chi connectivity index (χ2n) is 4.84. The Hall–Kier alpha value is -1.88. The Bertz CT molecular complexity index is 506. The van der Waals surface area contributed by atoms with Crippen LogP contribution in [0.5, 0.6) is 5.75 Å². The Morgan fingerprint density at radius 3 is 2.63 bits per heavy atom. The Morgan fingerprint density at radius 1 is 1.26 bits per heavy atom. The van der Waals surface area contributed by atoms with E-state index in [1.54, 1.807) is 6.33 Å². The van der Waals surface area contributed by atoms with Gasteiger partial charge >= 0.3 is 0 Å². The van der Waals surface area contributed by atoms with Crippen LogP contribution in [0.1, 0.15) is 25.2 Å². The monoisotopic (exact) mass is 261 g/mol. The highest BCUT2D eigenvalue weighted by Crippen LogP contribution is 2.14. The number of hydrogen-bond acceptors (Lipinski definition) is 4. The molecule has 2 rings (SSSR count). The number of rotatable bonds is 6. The normalized spacial score (nSPS) is 10.9. The van der Waals surface area contributed by atoms with E-state index < -0.39 is 0 Å². The Kier molecular flexibility index (Phi) is 4.52. The van der Waals surface area contributed by atoms with Crippen molar-refractivity contribution >= 4 is 0 Å². The topological polar surface area (TPSA) is 60.2 Å². The van der Waals surface area contributed by atoms with Gasteiger partial charge in [0.15, 0.2) is 5.82 Å². The number of aliphatic hydroxyl groups is 1. The molecule has 5 heteroatoms. The van der Waals surface area contributed by atoms with Gasteiger partial charge in [-0.1, -0.05) is 26.0 Å². The summed E-state index contributed by atoms with van der Waals surface area (Å²) in [7, 11) is 0. The number of ether oxygens (including phenoxy) is 1. The maximum absolute atomic E-state index is 8.97. The van der Waals surface area contributed by atoms with E-state index in [9.17, 15) is 0 Å². The predicted octanol–water partition coefficient (Wildman–Crippen LogP) is 2.01. The fourth-order valence-electron chi connectivity index (χ4n) is 1.74. The molecule has 1 N–H and O–H groups in total. The largest absolute Gasteiger partial charge is 0.486 e. The zero-order valence-corrected chi connectivity index (χ0v) is 11.3. The van der Waals surface area contributed by atoms with E-state index in [1.807, 2.05) is 28.9 Å². The van der Waals surface area contributed by atoms with Crippen LogP contribution in [0.2, 0.25) is 0 Å². The molecule has 0 aliphatic heterocycles. The van der Waals surface area contributed by atoms with Crippen LogP contribution in [0.4, 0.5) is 0 Å². The molecule has 0 amide bonds. The van der Waals surface area contributed by atoms with Crippen LogP contribution in [0.15, 0.2) is 30.6 Å². The van der Waals surface area contributed by atoms with Crippen molar-refractivity contribution in [3.63, 3.8) is 0 Å². The molecule has 0 spiro atoms. The van der Waals surface area contributed by atoms with Gasteiger partial charge in [-0.3, -0.25) is 0 Å². The fourth-order valence-corrected chi connectivity index (χ4v) is 1.74. The van der Waals surface area contributed by atoms with Crippen molar-refractivity contribution in [2.24, 2.45) is 5.92 Å². The van der Waals surface area contributed by atoms with Gasteiger partial charge < -0.3 is 9.84 Å². The van der Waals surface area contributed by atoms with Crippen molar-refractivity contribution in [3.05, 3.63) is 42.0 Å². The highest BCUT2D eigenvalue weighted by atomic mass is 16.5. The van der Waals surface area contributed by atoms with E-state index in [4.69, 9.17) is 9.84 Å². The van der Waals surface area contributed by atoms with E-state index in [0.29, 0.717) is 12.5 Å². The molecule has 1 heterocycles. The summed E-state index contributed by atoms with van der Waals surface area (Å²) in [6, 6.07) is 7.37. The minimum absolute atomic E-state index is 0.0446. The second kappa shape index (κ2) is 6.33. The minimum Gasteiger partial charge on any atom is -0.486 e. The van der Waals surface area contributed by atoms with Gasteiger partial charge in [0.1, 0.15) is 18.7 Å². The average Bonchev–Trinajstić information content (AvgIpc) is 2.83. The lowest BCUT2D eigenvalue weighted by atomic mass is 10.2. The van der Waals surface area contributed by atoms with Gasteiger partial charge in [-0.2, -0.15) is 5.10 Å². The van der Waals surface area contributed by atoms with Gasteiger partial charge in [-0.05, 0) is 23.6 Å². The number of nitrogens with zero attached hydrogens (tertiary/aromatic N) is 3. The van der Waals surface area contributed by atoms with E-state index >= 15 is 0 Å². The fraction of sp³-hybridized carbons (Fsp3) is 0.429. The van der Waals surface area contributed by atoms with E-state index in [1.165, 1.54) is 0 Å². The first-order valence-electron chi connectivity index (χ1n) is 6.38. The number of benzene rings is 1. The Morgan fingerprint density at radius 2 is 2.00 bits per heavy atom. The SMILES string of the molecule is CC(C)Cn1ncnc1COc1ccc(CO)cc1. The maximum atomic E-state index is 8.97. The van der Waals surface area contributed by atoms with Crippen molar-refractivity contribution in [1.29, 1.82) is 0 Å². The number of aliphatic hydroxyl groups excluding tert-OH is 1. The average molecular weight is 261 g/mol. The van der Waals surface area contributed by atoms with Gasteiger partial charge in [-0.25, -0.2) is 9.67 Å². The predicted molar refractivity (Wildman–Crippen MR) is 71.6 cm³/mol. The zero-order valence-electron chi connectivity index (χ0n) is 11.3. The third kappa shape index (κ3) is 3.79. The van der Waals surface area contributed by atoms with E-state index in [2.05, 4.69) is 23.9 Å². The summed E-state index contributed by atoms with van der Waals surface area (Å²) >= 11 is 0. The first-order valence-corrected chi connectivity index (χ1v) is 6.38. The van der Waals surface area contributed by atoms with Crippen molar-refractivity contribution in [2.45, 2.75) is 33.6 Å². The van der Waals surface area contributed by atoms with Crippen LogP contribution in [-0.4, -0.2) is 19.9 Å². The first-order chi connectivity index (χ1) is 9.19. The molecular formula is C14H19N3O2. The summed E-state index contributed by atoms with van der Waals surface area (Å²) in [5, 5.41) is 13.2. The highest BCUT2D eigenvalue weighted by Gasteiger charge is 2.06. The summed E-state index contributed by atoms with van der Waals surface area (Å²) in [5.41, 5.74) is 0.871. The van der Waals surface area contributed by atoms with E-state index in [-0.39, 0.29) is 6.61 Å². The lowest BCUT2D eigenvalue weighted by molar-refractivity contribution is 0.277. The number of aromatic nitrogens is 3. The van der Waals surface area contributed by atoms with Gasteiger partial charge in [0.25, 0.3) is 0 Å². The molecule has 0 unspecified atom stereocenters. The molecule has 19 heavy (non-hydrogen) atoms. The maximum Gasteiger partial charge on any atom is 0.164 e. The zero-order chi connectivity index (χ0) is 13.7. The molecule has 0 aliphatic rings. The minimum atomic E-state index is 0.0446. The van der Waals surface area contributed by atoms with Crippen LogP contribution in [0.25, 0.3) is 0 Å².